The molecule has 2 aliphatic heterocycles. The molecule has 0 aliphatic carbocycles. The summed E-state index contributed by atoms with van der Waals surface area (Å²) >= 11 is 1.55. The first kappa shape index (κ1) is 20.9. The van der Waals surface area contributed by atoms with E-state index in [1.165, 1.54) is 5.56 Å². The second-order valence-electron chi connectivity index (χ2n) is 8.19. The fraction of sp³-hybridized carbons (Fsp3) is 0.333. The van der Waals surface area contributed by atoms with Crippen LogP contribution < -0.4 is 14.8 Å². The van der Waals surface area contributed by atoms with E-state index in [4.69, 9.17) is 9.47 Å². The van der Waals surface area contributed by atoms with E-state index in [-0.39, 0.29) is 5.91 Å². The van der Waals surface area contributed by atoms with Crippen LogP contribution in [0, 0.1) is 6.92 Å². The highest BCUT2D eigenvalue weighted by Gasteiger charge is 2.20. The molecule has 2 aliphatic rings. The molecule has 0 atom stereocenters. The molecule has 5 rings (SSSR count). The summed E-state index contributed by atoms with van der Waals surface area (Å²) in [6, 6.07) is 14.0. The fourth-order valence-corrected chi connectivity index (χ4v) is 4.82. The first-order valence-corrected chi connectivity index (χ1v) is 11.7. The number of aromatic nitrogens is 1. The Hall–Kier alpha value is -2.94. The number of amides is 1. The average molecular weight is 451 g/mol. The number of rotatable bonds is 6. The third-order valence-electron chi connectivity index (χ3n) is 5.73. The zero-order valence-corrected chi connectivity index (χ0v) is 18.9. The van der Waals surface area contributed by atoms with Gasteiger partial charge in [0.2, 0.25) is 6.79 Å². The molecule has 0 spiro atoms. The van der Waals surface area contributed by atoms with Gasteiger partial charge in [0.1, 0.15) is 10.7 Å². The van der Waals surface area contributed by atoms with E-state index in [1.807, 2.05) is 42.6 Å². The van der Waals surface area contributed by atoms with Gasteiger partial charge < -0.3 is 14.8 Å². The summed E-state index contributed by atoms with van der Waals surface area (Å²) in [5.74, 6) is 1.51. The molecule has 0 saturated carbocycles. The molecule has 3 aromatic rings. The Bertz CT molecular complexity index is 1110. The molecule has 1 saturated heterocycles. The Kier molecular flexibility index (Phi) is 6.07. The molecule has 8 heteroatoms. The first-order chi connectivity index (χ1) is 15.6. The molecule has 0 bridgehead atoms. The Balaban J connectivity index is 1.11. The maximum atomic E-state index is 12.5. The Morgan fingerprint density at radius 3 is 2.62 bits per heavy atom. The molecule has 0 unspecified atom stereocenters. The van der Waals surface area contributed by atoms with Crippen molar-refractivity contribution in [1.82, 2.24) is 14.8 Å². The zero-order chi connectivity index (χ0) is 21.9. The predicted octanol–water partition coefficient (Wildman–Crippen LogP) is 3.75. The van der Waals surface area contributed by atoms with Crippen LogP contribution in [0.5, 0.6) is 11.5 Å². The minimum absolute atomic E-state index is 0.161. The average Bonchev–Trinajstić information content (AvgIpc) is 3.44. The zero-order valence-electron chi connectivity index (χ0n) is 18.0. The SMILES string of the molecule is Cc1cccc(NC(=O)c2csc(CN3CCN(Cc4ccc5c(c4)OCO5)CC3)n2)c1. The van der Waals surface area contributed by atoms with E-state index < -0.39 is 0 Å². The summed E-state index contributed by atoms with van der Waals surface area (Å²) in [6.45, 7) is 7.96. The van der Waals surface area contributed by atoms with Gasteiger partial charge in [-0.2, -0.15) is 0 Å². The molecule has 7 nitrogen and oxygen atoms in total. The lowest BCUT2D eigenvalue weighted by molar-refractivity contribution is 0.102. The third kappa shape index (κ3) is 4.93. The van der Waals surface area contributed by atoms with Crippen molar-refractivity contribution in [3.05, 3.63) is 69.7 Å². The number of hydrogen-bond donors (Lipinski definition) is 1. The minimum Gasteiger partial charge on any atom is -0.454 e. The number of benzene rings is 2. The maximum Gasteiger partial charge on any atom is 0.275 e. The lowest BCUT2D eigenvalue weighted by atomic mass is 10.1. The van der Waals surface area contributed by atoms with Gasteiger partial charge in [-0.1, -0.05) is 18.2 Å². The van der Waals surface area contributed by atoms with Gasteiger partial charge in [0.15, 0.2) is 11.5 Å². The molecule has 0 radical (unpaired) electrons. The van der Waals surface area contributed by atoms with Gasteiger partial charge in [-0.3, -0.25) is 14.6 Å². The predicted molar refractivity (Wildman–Crippen MR) is 124 cm³/mol. The van der Waals surface area contributed by atoms with Crippen molar-refractivity contribution in [1.29, 1.82) is 0 Å². The van der Waals surface area contributed by atoms with Crippen LogP contribution in [0.4, 0.5) is 5.69 Å². The lowest BCUT2D eigenvalue weighted by Gasteiger charge is -2.34. The second kappa shape index (κ2) is 9.28. The summed E-state index contributed by atoms with van der Waals surface area (Å²) in [4.78, 5) is 21.9. The van der Waals surface area contributed by atoms with Gasteiger partial charge in [-0.05, 0) is 42.3 Å². The van der Waals surface area contributed by atoms with E-state index >= 15 is 0 Å². The van der Waals surface area contributed by atoms with Crippen molar-refractivity contribution in [2.45, 2.75) is 20.0 Å². The normalized spacial score (nSPS) is 16.3. The Morgan fingerprint density at radius 1 is 1.03 bits per heavy atom. The van der Waals surface area contributed by atoms with E-state index in [2.05, 4.69) is 32.2 Å². The monoisotopic (exact) mass is 450 g/mol. The fourth-order valence-electron chi connectivity index (χ4n) is 4.00. The quantitative estimate of drug-likeness (QED) is 0.617. The number of aryl methyl sites for hydroxylation is 1. The van der Waals surface area contributed by atoms with Gasteiger partial charge >= 0.3 is 0 Å². The smallest absolute Gasteiger partial charge is 0.275 e. The Labute approximate surface area is 191 Å². The highest BCUT2D eigenvalue weighted by Crippen LogP contribution is 2.32. The summed E-state index contributed by atoms with van der Waals surface area (Å²) in [7, 11) is 0. The van der Waals surface area contributed by atoms with Gasteiger partial charge in [0.25, 0.3) is 5.91 Å². The topological polar surface area (TPSA) is 66.9 Å². The van der Waals surface area contributed by atoms with Gasteiger partial charge in [-0.15, -0.1) is 11.3 Å². The van der Waals surface area contributed by atoms with Gasteiger partial charge in [0.05, 0.1) is 6.54 Å². The molecular weight excluding hydrogens is 424 g/mol. The molecule has 1 amide bonds. The van der Waals surface area contributed by atoms with Crippen LogP contribution in [0.15, 0.2) is 47.8 Å². The summed E-state index contributed by atoms with van der Waals surface area (Å²) < 4.78 is 10.9. The van der Waals surface area contributed by atoms with Crippen molar-refractivity contribution in [2.75, 3.05) is 38.3 Å². The lowest BCUT2D eigenvalue weighted by Crippen LogP contribution is -2.45. The summed E-state index contributed by atoms with van der Waals surface area (Å²) in [5.41, 5.74) is 3.63. The summed E-state index contributed by atoms with van der Waals surface area (Å²) in [5, 5.41) is 5.75. The molecule has 166 valence electrons. The van der Waals surface area contributed by atoms with Gasteiger partial charge in [-0.25, -0.2) is 4.98 Å². The van der Waals surface area contributed by atoms with Crippen molar-refractivity contribution in [2.24, 2.45) is 0 Å². The number of hydrogen-bond acceptors (Lipinski definition) is 7. The number of nitrogens with one attached hydrogen (secondary N) is 1. The van der Waals surface area contributed by atoms with Crippen LogP contribution >= 0.6 is 11.3 Å². The van der Waals surface area contributed by atoms with Crippen LogP contribution in [-0.2, 0) is 13.1 Å². The largest absolute Gasteiger partial charge is 0.454 e. The molecule has 1 fully saturated rings. The highest BCUT2D eigenvalue weighted by molar-refractivity contribution is 7.09. The molecule has 1 N–H and O–H groups in total. The van der Waals surface area contributed by atoms with Crippen LogP contribution in [0.3, 0.4) is 0 Å². The third-order valence-corrected chi connectivity index (χ3v) is 6.56. The number of fused-ring (bicyclic) bond motifs is 1. The van der Waals surface area contributed by atoms with E-state index in [1.54, 1.807) is 11.3 Å². The van der Waals surface area contributed by atoms with E-state index in [0.717, 1.165) is 67.0 Å². The number of thiazole rings is 1. The number of carbonyl (C=O) groups excluding carboxylic acids is 1. The molecule has 3 heterocycles. The van der Waals surface area contributed by atoms with Crippen molar-refractivity contribution >= 4 is 22.9 Å². The van der Waals surface area contributed by atoms with Gasteiger partial charge in [0, 0.05) is 43.8 Å². The first-order valence-electron chi connectivity index (χ1n) is 10.8. The number of nitrogens with zero attached hydrogens (tertiary/aromatic N) is 3. The van der Waals surface area contributed by atoms with Crippen molar-refractivity contribution < 1.29 is 14.3 Å². The maximum absolute atomic E-state index is 12.5. The molecule has 1 aromatic heterocycles. The molecule has 2 aromatic carbocycles. The van der Waals surface area contributed by atoms with Crippen LogP contribution in [0.2, 0.25) is 0 Å². The number of carbonyl (C=O) groups is 1. The number of piperazine rings is 1. The molecule has 32 heavy (non-hydrogen) atoms. The number of ether oxygens (including phenoxy) is 2. The molecular formula is C24H26N4O3S. The van der Waals surface area contributed by atoms with E-state index in [9.17, 15) is 4.79 Å². The minimum atomic E-state index is -0.161. The van der Waals surface area contributed by atoms with Crippen LogP contribution in [0.1, 0.15) is 26.6 Å². The van der Waals surface area contributed by atoms with Crippen molar-refractivity contribution in [3.8, 4) is 11.5 Å². The van der Waals surface area contributed by atoms with Crippen LogP contribution in [-0.4, -0.2) is 53.7 Å². The van der Waals surface area contributed by atoms with Crippen LogP contribution in [0.25, 0.3) is 0 Å². The highest BCUT2D eigenvalue weighted by atomic mass is 32.1. The second-order valence-corrected chi connectivity index (χ2v) is 9.13. The number of anilines is 1. The standard InChI is InChI=1S/C24H26N4O3S/c1-17-3-2-4-19(11-17)25-24(29)20-15-32-23(26-20)14-28-9-7-27(8-10-28)13-18-5-6-21-22(12-18)31-16-30-21/h2-6,11-12,15H,7-10,13-14,16H2,1H3,(H,25,29). The Morgan fingerprint density at radius 2 is 1.81 bits per heavy atom. The summed E-state index contributed by atoms with van der Waals surface area (Å²) in [6.07, 6.45) is 0. The van der Waals surface area contributed by atoms with Crippen molar-refractivity contribution in [3.63, 3.8) is 0 Å². The van der Waals surface area contributed by atoms with E-state index in [0.29, 0.717) is 12.5 Å².